The molecule has 21 heavy (non-hydrogen) atoms. The summed E-state index contributed by atoms with van der Waals surface area (Å²) in [6, 6.07) is 6.33. The third-order valence-corrected chi connectivity index (χ3v) is 5.12. The Hall–Kier alpha value is -2.15. The van der Waals surface area contributed by atoms with Crippen molar-refractivity contribution in [2.45, 2.75) is 30.4 Å². The van der Waals surface area contributed by atoms with E-state index in [1.54, 1.807) is 26.0 Å². The van der Waals surface area contributed by atoms with E-state index in [0.717, 1.165) is 5.56 Å². The van der Waals surface area contributed by atoms with Crippen molar-refractivity contribution in [1.82, 2.24) is 5.16 Å². The molecule has 1 N–H and O–H groups in total. The molecule has 0 aliphatic heterocycles. The first kappa shape index (κ1) is 15.2. The van der Waals surface area contributed by atoms with E-state index in [4.69, 9.17) is 0 Å². The number of sulfone groups is 1. The highest BCUT2D eigenvalue weighted by atomic mass is 32.2. The molecule has 0 saturated carbocycles. The highest BCUT2D eigenvalue weighted by molar-refractivity contribution is 7.92. The largest absolute Gasteiger partial charge is 0.363 e. The van der Waals surface area contributed by atoms with Crippen molar-refractivity contribution in [3.63, 3.8) is 0 Å². The Balaban J connectivity index is 2.04. The Morgan fingerprint density at radius 1 is 1.29 bits per heavy atom. The Bertz CT molecular complexity index is 704. The van der Waals surface area contributed by atoms with Crippen LogP contribution in [0.2, 0.25) is 0 Å². The molecule has 0 spiro atoms. The first-order valence-corrected chi connectivity index (χ1v) is 7.96. The summed E-state index contributed by atoms with van der Waals surface area (Å²) in [7, 11) is -3.28. The zero-order chi connectivity index (χ0) is 15.5. The van der Waals surface area contributed by atoms with Gasteiger partial charge in [0.25, 0.3) is 0 Å². The molecule has 1 amide bonds. The first-order chi connectivity index (χ1) is 9.89. The third-order valence-electron chi connectivity index (χ3n) is 2.95. The number of carbonyl (C=O) groups is 1. The average molecular weight is 308 g/mol. The lowest BCUT2D eigenvalue weighted by atomic mass is 10.1. The Labute approximate surface area is 123 Å². The second-order valence-electron chi connectivity index (χ2n) is 4.88. The maximum Gasteiger partial charge on any atom is 0.228 e. The molecule has 0 aliphatic carbocycles. The van der Waals surface area contributed by atoms with Gasteiger partial charge in [-0.3, -0.25) is 4.79 Å². The standard InChI is InChI=1S/C14H16N2O4S/c1-10(2)21(18,19)13-5-3-11(4-6-13)7-14(17)16-12-8-15-20-9-12/h3-6,8-10H,7H2,1-2H3,(H,16,17). The highest BCUT2D eigenvalue weighted by Crippen LogP contribution is 2.17. The van der Waals surface area contributed by atoms with Crippen LogP contribution < -0.4 is 5.32 Å². The van der Waals surface area contributed by atoms with Gasteiger partial charge in [-0.2, -0.15) is 0 Å². The Kier molecular flexibility index (Phi) is 4.42. The summed E-state index contributed by atoms with van der Waals surface area (Å²) in [5.41, 5.74) is 1.21. The summed E-state index contributed by atoms with van der Waals surface area (Å²) in [5, 5.41) is 5.63. The third kappa shape index (κ3) is 3.69. The van der Waals surface area contributed by atoms with Crippen LogP contribution in [-0.2, 0) is 21.1 Å². The van der Waals surface area contributed by atoms with Crippen LogP contribution in [0.4, 0.5) is 5.69 Å². The highest BCUT2D eigenvalue weighted by Gasteiger charge is 2.18. The van der Waals surface area contributed by atoms with Crippen LogP contribution in [0.15, 0.2) is 46.1 Å². The molecule has 112 valence electrons. The van der Waals surface area contributed by atoms with Gasteiger partial charge in [0.05, 0.1) is 22.8 Å². The Morgan fingerprint density at radius 2 is 1.95 bits per heavy atom. The summed E-state index contributed by atoms with van der Waals surface area (Å²) >= 11 is 0. The summed E-state index contributed by atoms with van der Waals surface area (Å²) < 4.78 is 28.6. The average Bonchev–Trinajstić information content (AvgIpc) is 2.91. The number of rotatable bonds is 5. The molecule has 6 nitrogen and oxygen atoms in total. The SMILES string of the molecule is CC(C)S(=O)(=O)c1ccc(CC(=O)Nc2cnoc2)cc1. The second-order valence-corrected chi connectivity index (χ2v) is 7.38. The number of aromatic nitrogens is 1. The molecule has 1 heterocycles. The van der Waals surface area contributed by atoms with Gasteiger partial charge in [0.2, 0.25) is 5.91 Å². The van der Waals surface area contributed by atoms with Gasteiger partial charge < -0.3 is 9.84 Å². The smallest absolute Gasteiger partial charge is 0.228 e. The lowest BCUT2D eigenvalue weighted by Crippen LogP contribution is -2.15. The zero-order valence-corrected chi connectivity index (χ0v) is 12.6. The van der Waals surface area contributed by atoms with E-state index in [-0.39, 0.29) is 17.2 Å². The molecule has 1 aromatic heterocycles. The molecule has 0 radical (unpaired) electrons. The van der Waals surface area contributed by atoms with Crippen LogP contribution in [-0.4, -0.2) is 24.7 Å². The van der Waals surface area contributed by atoms with E-state index < -0.39 is 15.1 Å². The van der Waals surface area contributed by atoms with Crippen LogP contribution in [0.3, 0.4) is 0 Å². The van der Waals surface area contributed by atoms with Crippen molar-refractivity contribution in [2.24, 2.45) is 0 Å². The predicted molar refractivity (Wildman–Crippen MR) is 77.6 cm³/mol. The van der Waals surface area contributed by atoms with Crippen molar-refractivity contribution in [3.05, 3.63) is 42.3 Å². The minimum atomic E-state index is -3.28. The van der Waals surface area contributed by atoms with Crippen molar-refractivity contribution < 1.29 is 17.7 Å². The van der Waals surface area contributed by atoms with Gasteiger partial charge in [-0.25, -0.2) is 8.42 Å². The number of hydrogen-bond donors (Lipinski definition) is 1. The summed E-state index contributed by atoms with van der Waals surface area (Å²) in [5.74, 6) is -0.224. The zero-order valence-electron chi connectivity index (χ0n) is 11.7. The minimum absolute atomic E-state index is 0.146. The van der Waals surface area contributed by atoms with Gasteiger partial charge in [0.1, 0.15) is 12.0 Å². The monoisotopic (exact) mass is 308 g/mol. The van der Waals surface area contributed by atoms with Gasteiger partial charge in [-0.05, 0) is 31.5 Å². The molecular formula is C14H16N2O4S. The van der Waals surface area contributed by atoms with Gasteiger partial charge >= 0.3 is 0 Å². The van der Waals surface area contributed by atoms with Crippen LogP contribution in [0.25, 0.3) is 0 Å². The van der Waals surface area contributed by atoms with Crippen LogP contribution >= 0.6 is 0 Å². The van der Waals surface area contributed by atoms with Crippen molar-refractivity contribution >= 4 is 21.4 Å². The molecular weight excluding hydrogens is 292 g/mol. The molecule has 0 unspecified atom stereocenters. The van der Waals surface area contributed by atoms with Crippen LogP contribution in [0.1, 0.15) is 19.4 Å². The quantitative estimate of drug-likeness (QED) is 0.913. The second kappa shape index (κ2) is 6.09. The van der Waals surface area contributed by atoms with Crippen molar-refractivity contribution in [3.8, 4) is 0 Å². The van der Waals surface area contributed by atoms with E-state index >= 15 is 0 Å². The molecule has 0 fully saturated rings. The molecule has 2 rings (SSSR count). The molecule has 1 aromatic carbocycles. The molecule has 0 aliphatic rings. The fourth-order valence-corrected chi connectivity index (χ4v) is 2.79. The van der Waals surface area contributed by atoms with E-state index in [1.165, 1.54) is 24.6 Å². The molecule has 7 heteroatoms. The van der Waals surface area contributed by atoms with E-state index in [1.807, 2.05) is 0 Å². The maximum absolute atomic E-state index is 12.0. The fraction of sp³-hybridized carbons (Fsp3) is 0.286. The number of nitrogens with one attached hydrogen (secondary N) is 1. The fourth-order valence-electron chi connectivity index (χ4n) is 1.73. The lowest BCUT2D eigenvalue weighted by molar-refractivity contribution is -0.115. The van der Waals surface area contributed by atoms with E-state index in [2.05, 4.69) is 15.0 Å². The first-order valence-electron chi connectivity index (χ1n) is 6.41. The minimum Gasteiger partial charge on any atom is -0.363 e. The van der Waals surface area contributed by atoms with Crippen LogP contribution in [0.5, 0.6) is 0 Å². The van der Waals surface area contributed by atoms with E-state index in [9.17, 15) is 13.2 Å². The normalized spacial score (nSPS) is 11.6. The lowest BCUT2D eigenvalue weighted by Gasteiger charge is -2.08. The molecule has 0 saturated heterocycles. The summed E-state index contributed by atoms with van der Waals surface area (Å²) in [4.78, 5) is 12.0. The van der Waals surface area contributed by atoms with E-state index in [0.29, 0.717) is 5.69 Å². The van der Waals surface area contributed by atoms with Crippen molar-refractivity contribution in [2.75, 3.05) is 5.32 Å². The molecule has 0 atom stereocenters. The van der Waals surface area contributed by atoms with Crippen molar-refractivity contribution in [1.29, 1.82) is 0 Å². The molecule has 2 aromatic rings. The maximum atomic E-state index is 12.0. The number of benzene rings is 1. The van der Waals surface area contributed by atoms with Gasteiger partial charge in [0, 0.05) is 0 Å². The number of nitrogens with zero attached hydrogens (tertiary/aromatic N) is 1. The van der Waals surface area contributed by atoms with Crippen LogP contribution in [0, 0.1) is 0 Å². The predicted octanol–water partition coefficient (Wildman–Crippen LogP) is 2.04. The van der Waals surface area contributed by atoms with Gasteiger partial charge in [-0.1, -0.05) is 17.3 Å². The Morgan fingerprint density at radius 3 is 2.48 bits per heavy atom. The number of carbonyl (C=O) groups excluding carboxylic acids is 1. The topological polar surface area (TPSA) is 89.3 Å². The molecule has 0 bridgehead atoms. The number of anilines is 1. The summed E-state index contributed by atoms with van der Waals surface area (Å²) in [6.45, 7) is 3.27. The summed E-state index contributed by atoms with van der Waals surface area (Å²) in [6.07, 6.45) is 2.87. The number of amides is 1. The van der Waals surface area contributed by atoms with Gasteiger partial charge in [0.15, 0.2) is 9.84 Å². The number of hydrogen-bond acceptors (Lipinski definition) is 5. The van der Waals surface area contributed by atoms with Gasteiger partial charge in [-0.15, -0.1) is 0 Å².